The minimum absolute atomic E-state index is 0.0734. The van der Waals surface area contributed by atoms with Crippen molar-refractivity contribution < 1.29 is 9.53 Å². The molecular formula is C20H17ClN2O2. The van der Waals surface area contributed by atoms with E-state index in [1.165, 1.54) is 0 Å². The number of pyridine rings is 1. The van der Waals surface area contributed by atoms with Gasteiger partial charge in [-0.3, -0.25) is 9.78 Å². The van der Waals surface area contributed by atoms with Crippen LogP contribution >= 0.6 is 11.6 Å². The number of nitrogens with zero attached hydrogens (tertiary/aromatic N) is 1. The fourth-order valence-corrected chi connectivity index (χ4v) is 2.57. The Morgan fingerprint density at radius 2 is 1.60 bits per heavy atom. The third-order valence-corrected chi connectivity index (χ3v) is 3.91. The Morgan fingerprint density at radius 3 is 2.28 bits per heavy atom. The minimum Gasteiger partial charge on any atom is -0.484 e. The molecule has 0 aliphatic rings. The standard InChI is InChI=1S/C20H17ClN2O2/c21-17-6-8-18(9-7-17)25-14-19(24)23-20(15-4-2-1-3-5-15)16-10-12-22-13-11-16/h1-13,20H,14H2,(H,23,24)/t20-/m0/s1. The van der Waals surface area contributed by atoms with Crippen LogP contribution in [0.2, 0.25) is 5.02 Å². The first-order valence-electron chi connectivity index (χ1n) is 7.85. The van der Waals surface area contributed by atoms with Gasteiger partial charge in [0.1, 0.15) is 5.75 Å². The Bertz CT molecular complexity index is 769. The molecule has 1 atom stereocenters. The summed E-state index contributed by atoms with van der Waals surface area (Å²) in [7, 11) is 0. The van der Waals surface area contributed by atoms with E-state index in [1.54, 1.807) is 36.7 Å². The van der Waals surface area contributed by atoms with Gasteiger partial charge in [-0.25, -0.2) is 0 Å². The number of hydrogen-bond donors (Lipinski definition) is 1. The average molecular weight is 353 g/mol. The highest BCUT2D eigenvalue weighted by Gasteiger charge is 2.16. The molecule has 2 aromatic carbocycles. The zero-order valence-electron chi connectivity index (χ0n) is 13.4. The lowest BCUT2D eigenvalue weighted by atomic mass is 10.00. The first-order chi connectivity index (χ1) is 12.2. The fourth-order valence-electron chi connectivity index (χ4n) is 2.44. The normalized spacial score (nSPS) is 11.6. The number of rotatable bonds is 6. The van der Waals surface area contributed by atoms with Crippen molar-refractivity contribution in [1.29, 1.82) is 0 Å². The Balaban J connectivity index is 1.69. The average Bonchev–Trinajstić information content (AvgIpc) is 2.67. The lowest BCUT2D eigenvalue weighted by Gasteiger charge is -2.20. The number of halogens is 1. The van der Waals surface area contributed by atoms with Crippen LogP contribution in [0.5, 0.6) is 5.75 Å². The van der Waals surface area contributed by atoms with Crippen molar-refractivity contribution in [3.05, 3.63) is 95.3 Å². The van der Waals surface area contributed by atoms with Crippen LogP contribution in [0.4, 0.5) is 0 Å². The summed E-state index contributed by atoms with van der Waals surface area (Å²) in [5.74, 6) is 0.389. The van der Waals surface area contributed by atoms with Crippen LogP contribution in [-0.2, 0) is 4.79 Å². The number of benzene rings is 2. The highest BCUT2D eigenvalue weighted by molar-refractivity contribution is 6.30. The van der Waals surface area contributed by atoms with Crippen molar-refractivity contribution in [2.24, 2.45) is 0 Å². The van der Waals surface area contributed by atoms with E-state index in [9.17, 15) is 4.79 Å². The third-order valence-electron chi connectivity index (χ3n) is 3.66. The topological polar surface area (TPSA) is 51.2 Å². The quantitative estimate of drug-likeness (QED) is 0.729. The van der Waals surface area contributed by atoms with Crippen LogP contribution in [0.25, 0.3) is 0 Å². The molecule has 0 aliphatic carbocycles. The highest BCUT2D eigenvalue weighted by atomic mass is 35.5. The molecule has 0 fully saturated rings. The van der Waals surface area contributed by atoms with Crippen LogP contribution in [0.1, 0.15) is 17.2 Å². The van der Waals surface area contributed by atoms with Crippen molar-refractivity contribution in [3.8, 4) is 5.75 Å². The van der Waals surface area contributed by atoms with Crippen molar-refractivity contribution in [2.45, 2.75) is 6.04 Å². The van der Waals surface area contributed by atoms with Crippen LogP contribution in [0.15, 0.2) is 79.1 Å². The van der Waals surface area contributed by atoms with Crippen molar-refractivity contribution >= 4 is 17.5 Å². The van der Waals surface area contributed by atoms with Gasteiger partial charge >= 0.3 is 0 Å². The van der Waals surface area contributed by atoms with Gasteiger partial charge in [0.2, 0.25) is 0 Å². The van der Waals surface area contributed by atoms with E-state index in [-0.39, 0.29) is 18.6 Å². The van der Waals surface area contributed by atoms with Gasteiger partial charge in [0, 0.05) is 17.4 Å². The Hall–Kier alpha value is -2.85. The Morgan fingerprint density at radius 1 is 0.960 bits per heavy atom. The van der Waals surface area contributed by atoms with E-state index < -0.39 is 0 Å². The first-order valence-corrected chi connectivity index (χ1v) is 8.23. The molecule has 1 N–H and O–H groups in total. The van der Waals surface area contributed by atoms with Gasteiger partial charge in [-0.15, -0.1) is 0 Å². The summed E-state index contributed by atoms with van der Waals surface area (Å²) >= 11 is 5.84. The zero-order chi connectivity index (χ0) is 17.5. The molecule has 1 heterocycles. The van der Waals surface area contributed by atoms with Crippen molar-refractivity contribution in [2.75, 3.05) is 6.61 Å². The SMILES string of the molecule is O=C(COc1ccc(Cl)cc1)N[C@@H](c1ccccc1)c1ccncc1. The summed E-state index contributed by atoms with van der Waals surface area (Å²) in [6, 6.07) is 20.2. The number of aromatic nitrogens is 1. The third kappa shape index (κ3) is 4.81. The fraction of sp³-hybridized carbons (Fsp3) is 0.100. The lowest BCUT2D eigenvalue weighted by molar-refractivity contribution is -0.123. The molecule has 0 radical (unpaired) electrons. The summed E-state index contributed by atoms with van der Waals surface area (Å²) in [5, 5.41) is 3.64. The van der Waals surface area contributed by atoms with E-state index >= 15 is 0 Å². The van der Waals surface area contributed by atoms with E-state index in [1.807, 2.05) is 42.5 Å². The molecule has 4 nitrogen and oxygen atoms in total. The lowest BCUT2D eigenvalue weighted by Crippen LogP contribution is -2.33. The van der Waals surface area contributed by atoms with E-state index in [4.69, 9.17) is 16.3 Å². The minimum atomic E-state index is -0.259. The van der Waals surface area contributed by atoms with Crippen LogP contribution in [0.3, 0.4) is 0 Å². The molecule has 0 aliphatic heterocycles. The molecule has 1 amide bonds. The van der Waals surface area contributed by atoms with Crippen molar-refractivity contribution in [1.82, 2.24) is 10.3 Å². The maximum absolute atomic E-state index is 12.4. The van der Waals surface area contributed by atoms with E-state index in [0.717, 1.165) is 11.1 Å². The highest BCUT2D eigenvalue weighted by Crippen LogP contribution is 2.21. The van der Waals surface area contributed by atoms with Crippen LogP contribution < -0.4 is 10.1 Å². The van der Waals surface area contributed by atoms with E-state index in [0.29, 0.717) is 10.8 Å². The maximum Gasteiger partial charge on any atom is 0.258 e. The molecule has 0 saturated carbocycles. The molecule has 3 rings (SSSR count). The summed E-state index contributed by atoms with van der Waals surface area (Å²) in [6.45, 7) is -0.0734. The van der Waals surface area contributed by atoms with Gasteiger partial charge in [0.15, 0.2) is 6.61 Å². The number of hydrogen-bond acceptors (Lipinski definition) is 3. The molecule has 25 heavy (non-hydrogen) atoms. The van der Waals surface area contributed by atoms with Crippen LogP contribution in [-0.4, -0.2) is 17.5 Å². The first kappa shape index (κ1) is 17.0. The van der Waals surface area contributed by atoms with E-state index in [2.05, 4.69) is 10.3 Å². The van der Waals surface area contributed by atoms with Gasteiger partial charge in [0.25, 0.3) is 5.91 Å². The van der Waals surface area contributed by atoms with Gasteiger partial charge in [-0.1, -0.05) is 41.9 Å². The molecular weight excluding hydrogens is 336 g/mol. The zero-order valence-corrected chi connectivity index (χ0v) is 14.2. The predicted octanol–water partition coefficient (Wildman–Crippen LogP) is 4.02. The van der Waals surface area contributed by atoms with Crippen molar-refractivity contribution in [3.63, 3.8) is 0 Å². The molecule has 0 spiro atoms. The molecule has 126 valence electrons. The van der Waals surface area contributed by atoms with Gasteiger partial charge in [-0.05, 0) is 47.5 Å². The summed E-state index contributed by atoms with van der Waals surface area (Å²) in [5.41, 5.74) is 1.95. The van der Waals surface area contributed by atoms with Gasteiger partial charge in [-0.2, -0.15) is 0 Å². The second kappa shape index (κ2) is 8.31. The molecule has 1 aromatic heterocycles. The summed E-state index contributed by atoms with van der Waals surface area (Å²) < 4.78 is 5.51. The van der Waals surface area contributed by atoms with Gasteiger partial charge in [0.05, 0.1) is 6.04 Å². The molecule has 0 saturated heterocycles. The number of ether oxygens (including phenoxy) is 1. The monoisotopic (exact) mass is 352 g/mol. The Kier molecular flexibility index (Phi) is 5.65. The number of carbonyl (C=O) groups excluding carboxylic acids is 1. The maximum atomic E-state index is 12.4. The molecule has 5 heteroatoms. The summed E-state index contributed by atoms with van der Waals surface area (Å²) in [6.07, 6.45) is 3.42. The summed E-state index contributed by atoms with van der Waals surface area (Å²) in [4.78, 5) is 16.4. The number of carbonyl (C=O) groups is 1. The Labute approximate surface area is 151 Å². The second-order valence-corrected chi connectivity index (χ2v) is 5.87. The second-order valence-electron chi connectivity index (χ2n) is 5.43. The molecule has 0 unspecified atom stereocenters. The van der Waals surface area contributed by atoms with Gasteiger partial charge < -0.3 is 10.1 Å². The predicted molar refractivity (Wildman–Crippen MR) is 97.6 cm³/mol. The number of nitrogens with one attached hydrogen (secondary N) is 1. The largest absolute Gasteiger partial charge is 0.484 e. The number of amides is 1. The molecule has 3 aromatic rings. The smallest absolute Gasteiger partial charge is 0.258 e. The van der Waals surface area contributed by atoms with Crippen LogP contribution in [0, 0.1) is 0 Å². The molecule has 0 bridgehead atoms.